The second-order valence-electron chi connectivity index (χ2n) is 5.46. The van der Waals surface area contributed by atoms with E-state index in [0.717, 1.165) is 22.5 Å². The number of carbonyl (C=O) groups is 1. The standard InChI is InChI=1S/C18H19N5O2/c24-12-16-4-2-1-3-15(16)11-22-18(25)21-10-14-5-6-17(20-9-14)23-8-7-19-13-23/h1-9,13,24H,10-12H2,(H2,21,22,25). The van der Waals surface area contributed by atoms with Gasteiger partial charge in [-0.3, -0.25) is 4.57 Å². The maximum atomic E-state index is 11.9. The average Bonchev–Trinajstić information content (AvgIpc) is 3.20. The smallest absolute Gasteiger partial charge is 0.315 e. The zero-order valence-electron chi connectivity index (χ0n) is 13.6. The van der Waals surface area contributed by atoms with Crippen LogP contribution in [0.2, 0.25) is 0 Å². The number of pyridine rings is 1. The Labute approximate surface area is 145 Å². The summed E-state index contributed by atoms with van der Waals surface area (Å²) in [5.74, 6) is 0.770. The van der Waals surface area contributed by atoms with Crippen molar-refractivity contribution in [2.45, 2.75) is 19.7 Å². The predicted molar refractivity (Wildman–Crippen MR) is 92.8 cm³/mol. The molecule has 0 aliphatic carbocycles. The Kier molecular flexibility index (Phi) is 5.38. The van der Waals surface area contributed by atoms with E-state index in [4.69, 9.17) is 0 Å². The summed E-state index contributed by atoms with van der Waals surface area (Å²) in [6.45, 7) is 0.694. The molecule has 2 aromatic heterocycles. The number of hydrogen-bond donors (Lipinski definition) is 3. The number of aliphatic hydroxyl groups excluding tert-OH is 1. The van der Waals surface area contributed by atoms with Gasteiger partial charge in [0.15, 0.2) is 0 Å². The van der Waals surface area contributed by atoms with Crippen molar-refractivity contribution in [3.8, 4) is 5.82 Å². The van der Waals surface area contributed by atoms with Gasteiger partial charge in [0.05, 0.1) is 6.61 Å². The quantitative estimate of drug-likeness (QED) is 0.639. The molecule has 0 spiro atoms. The molecule has 3 N–H and O–H groups in total. The molecule has 7 nitrogen and oxygen atoms in total. The van der Waals surface area contributed by atoms with Gasteiger partial charge in [-0.1, -0.05) is 30.3 Å². The molecular formula is C18H19N5O2. The molecule has 0 radical (unpaired) electrons. The van der Waals surface area contributed by atoms with Crippen LogP contribution >= 0.6 is 0 Å². The van der Waals surface area contributed by atoms with E-state index in [9.17, 15) is 9.90 Å². The highest BCUT2D eigenvalue weighted by Crippen LogP contribution is 2.08. The number of amides is 2. The second-order valence-corrected chi connectivity index (χ2v) is 5.46. The van der Waals surface area contributed by atoms with E-state index in [1.165, 1.54) is 0 Å². The Morgan fingerprint density at radius 2 is 1.88 bits per heavy atom. The summed E-state index contributed by atoms with van der Waals surface area (Å²) in [5, 5.41) is 14.9. The number of aromatic nitrogens is 3. The van der Waals surface area contributed by atoms with Gasteiger partial charge in [-0.05, 0) is 22.8 Å². The first-order valence-electron chi connectivity index (χ1n) is 7.89. The number of rotatable bonds is 6. The number of benzene rings is 1. The number of urea groups is 1. The van der Waals surface area contributed by atoms with Crippen molar-refractivity contribution in [3.63, 3.8) is 0 Å². The highest BCUT2D eigenvalue weighted by Gasteiger charge is 2.04. The molecule has 3 rings (SSSR count). The van der Waals surface area contributed by atoms with Crippen LogP contribution in [0.5, 0.6) is 0 Å². The molecule has 128 valence electrons. The topological polar surface area (TPSA) is 92.1 Å². The average molecular weight is 337 g/mol. The zero-order valence-corrected chi connectivity index (χ0v) is 13.6. The third kappa shape index (κ3) is 4.42. The van der Waals surface area contributed by atoms with Gasteiger partial charge in [0.25, 0.3) is 0 Å². The van der Waals surface area contributed by atoms with Crippen molar-refractivity contribution >= 4 is 6.03 Å². The van der Waals surface area contributed by atoms with Gasteiger partial charge in [-0.25, -0.2) is 14.8 Å². The van der Waals surface area contributed by atoms with Crippen LogP contribution in [-0.2, 0) is 19.7 Å². The number of carbonyl (C=O) groups excluding carboxylic acids is 1. The van der Waals surface area contributed by atoms with Crippen LogP contribution in [0.3, 0.4) is 0 Å². The lowest BCUT2D eigenvalue weighted by Gasteiger charge is -2.10. The van der Waals surface area contributed by atoms with Crippen LogP contribution in [0.1, 0.15) is 16.7 Å². The van der Waals surface area contributed by atoms with Gasteiger partial charge in [0.1, 0.15) is 12.1 Å². The molecule has 0 aliphatic rings. The van der Waals surface area contributed by atoms with Crippen molar-refractivity contribution in [2.75, 3.05) is 0 Å². The highest BCUT2D eigenvalue weighted by atomic mass is 16.3. The Bertz CT molecular complexity index is 816. The minimum Gasteiger partial charge on any atom is -0.392 e. The van der Waals surface area contributed by atoms with Crippen LogP contribution in [0.4, 0.5) is 4.79 Å². The number of nitrogens with one attached hydrogen (secondary N) is 2. The summed E-state index contributed by atoms with van der Waals surface area (Å²) in [6.07, 6.45) is 6.91. The lowest BCUT2D eigenvalue weighted by molar-refractivity contribution is 0.239. The molecule has 2 heterocycles. The Balaban J connectivity index is 1.49. The normalized spacial score (nSPS) is 10.4. The number of imidazole rings is 1. The lowest BCUT2D eigenvalue weighted by Crippen LogP contribution is -2.34. The van der Waals surface area contributed by atoms with Gasteiger partial charge in [0, 0.05) is 31.7 Å². The van der Waals surface area contributed by atoms with Crippen molar-refractivity contribution in [1.29, 1.82) is 0 Å². The SMILES string of the molecule is O=C(NCc1ccc(-n2ccnc2)nc1)NCc1ccccc1CO. The fourth-order valence-corrected chi connectivity index (χ4v) is 2.37. The van der Waals surface area contributed by atoms with E-state index in [0.29, 0.717) is 13.1 Å². The Morgan fingerprint density at radius 1 is 1.08 bits per heavy atom. The monoisotopic (exact) mass is 337 g/mol. The van der Waals surface area contributed by atoms with E-state index in [-0.39, 0.29) is 12.6 Å². The number of nitrogens with zero attached hydrogens (tertiary/aromatic N) is 3. The third-order valence-corrected chi connectivity index (χ3v) is 3.76. The summed E-state index contributed by atoms with van der Waals surface area (Å²) >= 11 is 0. The van der Waals surface area contributed by atoms with Crippen molar-refractivity contribution in [3.05, 3.63) is 78.0 Å². The molecule has 7 heteroatoms. The summed E-state index contributed by atoms with van der Waals surface area (Å²) in [7, 11) is 0. The summed E-state index contributed by atoms with van der Waals surface area (Å²) in [4.78, 5) is 20.2. The third-order valence-electron chi connectivity index (χ3n) is 3.76. The fraction of sp³-hybridized carbons (Fsp3) is 0.167. The molecule has 1 aromatic carbocycles. The van der Waals surface area contributed by atoms with Gasteiger partial charge in [-0.2, -0.15) is 0 Å². The molecule has 0 fully saturated rings. The lowest BCUT2D eigenvalue weighted by atomic mass is 10.1. The second kappa shape index (κ2) is 8.07. The van der Waals surface area contributed by atoms with E-state index < -0.39 is 0 Å². The van der Waals surface area contributed by atoms with E-state index in [1.807, 2.05) is 47.2 Å². The van der Waals surface area contributed by atoms with Crippen LogP contribution in [-0.4, -0.2) is 25.7 Å². The maximum absolute atomic E-state index is 11.9. The number of hydrogen-bond acceptors (Lipinski definition) is 4. The van der Waals surface area contributed by atoms with Gasteiger partial charge < -0.3 is 15.7 Å². The van der Waals surface area contributed by atoms with Crippen LogP contribution in [0.25, 0.3) is 5.82 Å². The molecule has 2 amide bonds. The molecule has 0 unspecified atom stereocenters. The predicted octanol–water partition coefficient (Wildman–Crippen LogP) is 1.76. The first kappa shape index (κ1) is 16.7. The van der Waals surface area contributed by atoms with Gasteiger partial charge in [-0.15, -0.1) is 0 Å². The van der Waals surface area contributed by atoms with Crippen LogP contribution < -0.4 is 10.6 Å². The minimum absolute atomic E-state index is 0.0472. The maximum Gasteiger partial charge on any atom is 0.315 e. The number of aliphatic hydroxyl groups is 1. The van der Waals surface area contributed by atoms with Gasteiger partial charge in [0.2, 0.25) is 0 Å². The Hall–Kier alpha value is -3.19. The Morgan fingerprint density at radius 3 is 2.56 bits per heavy atom. The van der Waals surface area contributed by atoms with E-state index in [1.54, 1.807) is 18.7 Å². The van der Waals surface area contributed by atoms with E-state index >= 15 is 0 Å². The molecule has 3 aromatic rings. The summed E-state index contributed by atoms with van der Waals surface area (Å²) in [6, 6.07) is 11.0. The summed E-state index contributed by atoms with van der Waals surface area (Å²) < 4.78 is 1.81. The van der Waals surface area contributed by atoms with Crippen molar-refractivity contribution in [1.82, 2.24) is 25.2 Å². The molecule has 0 saturated heterocycles. The van der Waals surface area contributed by atoms with Crippen molar-refractivity contribution in [2.24, 2.45) is 0 Å². The largest absolute Gasteiger partial charge is 0.392 e. The van der Waals surface area contributed by atoms with E-state index in [2.05, 4.69) is 20.6 Å². The fourth-order valence-electron chi connectivity index (χ4n) is 2.37. The van der Waals surface area contributed by atoms with Crippen LogP contribution in [0.15, 0.2) is 61.3 Å². The molecule has 0 atom stereocenters. The first-order valence-corrected chi connectivity index (χ1v) is 7.89. The molecule has 25 heavy (non-hydrogen) atoms. The first-order chi connectivity index (χ1) is 12.3. The van der Waals surface area contributed by atoms with Crippen molar-refractivity contribution < 1.29 is 9.90 Å². The minimum atomic E-state index is -0.272. The molecule has 0 saturated carbocycles. The summed E-state index contributed by atoms with van der Waals surface area (Å²) in [5.41, 5.74) is 2.60. The zero-order chi connectivity index (χ0) is 17.5. The molecular weight excluding hydrogens is 318 g/mol. The van der Waals surface area contributed by atoms with Gasteiger partial charge >= 0.3 is 6.03 Å². The molecule has 0 aliphatic heterocycles. The highest BCUT2D eigenvalue weighted by molar-refractivity contribution is 5.73. The van der Waals surface area contributed by atoms with Crippen LogP contribution in [0, 0.1) is 0 Å². The molecule has 0 bridgehead atoms.